The van der Waals surface area contributed by atoms with Crippen molar-refractivity contribution < 1.29 is 4.79 Å². The summed E-state index contributed by atoms with van der Waals surface area (Å²) >= 11 is 0. The van der Waals surface area contributed by atoms with Crippen molar-refractivity contribution in [2.45, 2.75) is 33.1 Å². The fourth-order valence-corrected chi connectivity index (χ4v) is 2.10. The third-order valence-corrected chi connectivity index (χ3v) is 3.41. The molecule has 2 rings (SSSR count). The molecule has 2 nitrogen and oxygen atoms in total. The summed E-state index contributed by atoms with van der Waals surface area (Å²) in [5.74, 6) is 0.291. The van der Waals surface area contributed by atoms with Crippen molar-refractivity contribution in [3.05, 3.63) is 41.5 Å². The summed E-state index contributed by atoms with van der Waals surface area (Å²) in [5, 5.41) is 3.01. The zero-order chi connectivity index (χ0) is 12.3. The van der Waals surface area contributed by atoms with Crippen molar-refractivity contribution in [3.8, 4) is 0 Å². The van der Waals surface area contributed by atoms with Gasteiger partial charge in [0.2, 0.25) is 5.91 Å². The van der Waals surface area contributed by atoms with Gasteiger partial charge in [-0.1, -0.05) is 18.2 Å². The molecular formula is C15H19NO. The maximum Gasteiger partial charge on any atom is 0.227 e. The maximum absolute atomic E-state index is 12.0. The molecule has 0 fully saturated rings. The van der Waals surface area contributed by atoms with Crippen LogP contribution in [-0.4, -0.2) is 5.91 Å². The van der Waals surface area contributed by atoms with Gasteiger partial charge in [-0.3, -0.25) is 4.79 Å². The lowest BCUT2D eigenvalue weighted by atomic mass is 9.93. The Labute approximate surface area is 103 Å². The van der Waals surface area contributed by atoms with Gasteiger partial charge in [0.25, 0.3) is 0 Å². The quantitative estimate of drug-likeness (QED) is 0.771. The van der Waals surface area contributed by atoms with E-state index in [-0.39, 0.29) is 11.8 Å². The van der Waals surface area contributed by atoms with Crippen LogP contribution in [0.1, 0.15) is 30.4 Å². The molecule has 0 spiro atoms. The molecule has 2 heteroatoms. The lowest BCUT2D eigenvalue weighted by Crippen LogP contribution is -2.23. The molecule has 1 aromatic rings. The average molecular weight is 229 g/mol. The molecule has 1 N–H and O–H groups in total. The first-order valence-electron chi connectivity index (χ1n) is 6.20. The Kier molecular flexibility index (Phi) is 3.62. The van der Waals surface area contributed by atoms with Crippen molar-refractivity contribution in [2.24, 2.45) is 5.92 Å². The molecule has 1 unspecified atom stereocenters. The fourth-order valence-electron chi connectivity index (χ4n) is 2.10. The lowest BCUT2D eigenvalue weighted by molar-refractivity contribution is -0.120. The summed E-state index contributed by atoms with van der Waals surface area (Å²) in [4.78, 5) is 12.0. The molecule has 0 heterocycles. The molecular weight excluding hydrogens is 210 g/mol. The molecule has 1 aromatic carbocycles. The van der Waals surface area contributed by atoms with Crippen LogP contribution in [0.5, 0.6) is 0 Å². The smallest absolute Gasteiger partial charge is 0.227 e. The van der Waals surface area contributed by atoms with Gasteiger partial charge in [-0.2, -0.15) is 0 Å². The number of carbonyl (C=O) groups is 1. The van der Waals surface area contributed by atoms with Gasteiger partial charge in [-0.25, -0.2) is 0 Å². The number of rotatable bonds is 2. The highest BCUT2D eigenvalue weighted by atomic mass is 16.1. The van der Waals surface area contributed by atoms with Crippen LogP contribution in [0.2, 0.25) is 0 Å². The third kappa shape index (κ3) is 2.96. The summed E-state index contributed by atoms with van der Waals surface area (Å²) in [6, 6.07) is 6.05. The van der Waals surface area contributed by atoms with Crippen LogP contribution in [0.25, 0.3) is 0 Å². The lowest BCUT2D eigenvalue weighted by Gasteiger charge is -2.17. The van der Waals surface area contributed by atoms with E-state index in [9.17, 15) is 4.79 Å². The molecule has 0 radical (unpaired) electrons. The minimum atomic E-state index is 0.140. The van der Waals surface area contributed by atoms with Crippen LogP contribution in [0.3, 0.4) is 0 Å². The number of allylic oxidation sites excluding steroid dienone is 2. The molecule has 0 aromatic heterocycles. The second-order valence-electron chi connectivity index (χ2n) is 4.77. The SMILES string of the molecule is Cc1ccc(NC(=O)C2CC=CCC2)cc1C. The van der Waals surface area contributed by atoms with Crippen LogP contribution >= 0.6 is 0 Å². The molecule has 90 valence electrons. The normalized spacial score (nSPS) is 19.1. The number of hydrogen-bond acceptors (Lipinski definition) is 1. The first kappa shape index (κ1) is 11.9. The Morgan fingerprint density at radius 2 is 2.06 bits per heavy atom. The fraction of sp³-hybridized carbons (Fsp3) is 0.400. The standard InChI is InChI=1S/C15H19NO/c1-11-8-9-14(10-12(11)2)16-15(17)13-6-4-3-5-7-13/h3-4,8-10,13H,5-7H2,1-2H3,(H,16,17). The maximum atomic E-state index is 12.0. The topological polar surface area (TPSA) is 29.1 Å². The second-order valence-corrected chi connectivity index (χ2v) is 4.77. The first-order valence-corrected chi connectivity index (χ1v) is 6.20. The molecule has 17 heavy (non-hydrogen) atoms. The number of hydrogen-bond donors (Lipinski definition) is 1. The van der Waals surface area contributed by atoms with Crippen molar-refractivity contribution in [2.75, 3.05) is 5.32 Å². The van der Waals surface area contributed by atoms with E-state index in [0.717, 1.165) is 24.9 Å². The van der Waals surface area contributed by atoms with Crippen molar-refractivity contribution in [3.63, 3.8) is 0 Å². The molecule has 0 aliphatic heterocycles. The predicted molar refractivity (Wildman–Crippen MR) is 71.0 cm³/mol. The van der Waals surface area contributed by atoms with Crippen LogP contribution < -0.4 is 5.32 Å². The summed E-state index contributed by atoms with van der Waals surface area (Å²) < 4.78 is 0. The minimum absolute atomic E-state index is 0.140. The Morgan fingerprint density at radius 1 is 1.24 bits per heavy atom. The molecule has 1 aliphatic carbocycles. The molecule has 0 bridgehead atoms. The number of anilines is 1. The van der Waals surface area contributed by atoms with Crippen LogP contribution in [0.4, 0.5) is 5.69 Å². The van der Waals surface area contributed by atoms with Crippen molar-refractivity contribution in [1.82, 2.24) is 0 Å². The molecule has 0 saturated carbocycles. The molecule has 1 amide bonds. The number of nitrogens with one attached hydrogen (secondary N) is 1. The van der Waals surface area contributed by atoms with Crippen molar-refractivity contribution >= 4 is 11.6 Å². The highest BCUT2D eigenvalue weighted by Gasteiger charge is 2.18. The highest BCUT2D eigenvalue weighted by molar-refractivity contribution is 5.92. The van der Waals surface area contributed by atoms with E-state index in [0.29, 0.717) is 0 Å². The average Bonchev–Trinajstić information content (AvgIpc) is 2.35. The Hall–Kier alpha value is -1.57. The Morgan fingerprint density at radius 3 is 2.71 bits per heavy atom. The summed E-state index contributed by atoms with van der Waals surface area (Å²) in [7, 11) is 0. The molecule has 1 aliphatic rings. The second kappa shape index (κ2) is 5.17. The number of aryl methyl sites for hydroxylation is 2. The van der Waals surface area contributed by atoms with E-state index in [1.165, 1.54) is 11.1 Å². The number of benzene rings is 1. The van der Waals surface area contributed by atoms with Gasteiger partial charge >= 0.3 is 0 Å². The van der Waals surface area contributed by atoms with Crippen LogP contribution in [-0.2, 0) is 4.79 Å². The monoisotopic (exact) mass is 229 g/mol. The Balaban J connectivity index is 2.02. The minimum Gasteiger partial charge on any atom is -0.326 e. The first-order chi connectivity index (χ1) is 8.16. The largest absolute Gasteiger partial charge is 0.326 e. The number of amides is 1. The summed E-state index contributed by atoms with van der Waals surface area (Å²) in [6.07, 6.45) is 7.11. The van der Waals surface area contributed by atoms with E-state index in [2.05, 4.69) is 31.3 Å². The van der Waals surface area contributed by atoms with Crippen molar-refractivity contribution in [1.29, 1.82) is 0 Å². The van der Waals surface area contributed by atoms with E-state index in [1.807, 2.05) is 18.2 Å². The van der Waals surface area contributed by atoms with E-state index >= 15 is 0 Å². The van der Waals surface area contributed by atoms with Crippen LogP contribution in [0, 0.1) is 19.8 Å². The van der Waals surface area contributed by atoms with Gasteiger partial charge in [0, 0.05) is 11.6 Å². The van der Waals surface area contributed by atoms with E-state index in [1.54, 1.807) is 0 Å². The highest BCUT2D eigenvalue weighted by Crippen LogP contribution is 2.21. The summed E-state index contributed by atoms with van der Waals surface area (Å²) in [5.41, 5.74) is 3.38. The summed E-state index contributed by atoms with van der Waals surface area (Å²) in [6.45, 7) is 4.14. The molecule has 1 atom stereocenters. The Bertz CT molecular complexity index is 448. The van der Waals surface area contributed by atoms with Gasteiger partial charge in [-0.15, -0.1) is 0 Å². The van der Waals surface area contributed by atoms with Gasteiger partial charge in [0.1, 0.15) is 0 Å². The van der Waals surface area contributed by atoms with E-state index in [4.69, 9.17) is 0 Å². The third-order valence-electron chi connectivity index (χ3n) is 3.41. The zero-order valence-electron chi connectivity index (χ0n) is 10.5. The predicted octanol–water partition coefficient (Wildman–Crippen LogP) is 3.60. The van der Waals surface area contributed by atoms with Gasteiger partial charge in [0.05, 0.1) is 0 Å². The van der Waals surface area contributed by atoms with E-state index < -0.39 is 0 Å². The van der Waals surface area contributed by atoms with Gasteiger partial charge in [0.15, 0.2) is 0 Å². The molecule has 0 saturated heterocycles. The van der Waals surface area contributed by atoms with Gasteiger partial charge < -0.3 is 5.32 Å². The number of carbonyl (C=O) groups excluding carboxylic acids is 1. The van der Waals surface area contributed by atoms with Crippen LogP contribution in [0.15, 0.2) is 30.4 Å². The zero-order valence-corrected chi connectivity index (χ0v) is 10.5. The van der Waals surface area contributed by atoms with Gasteiger partial charge in [-0.05, 0) is 56.4 Å².